The third-order valence-electron chi connectivity index (χ3n) is 2.53. The molecule has 1 aliphatic heterocycles. The molecule has 0 bridgehead atoms. The maximum absolute atomic E-state index is 9.52. The van der Waals surface area contributed by atoms with Crippen molar-refractivity contribution in [2.45, 2.75) is 31.7 Å². The highest BCUT2D eigenvalue weighted by molar-refractivity contribution is 5.30. The van der Waals surface area contributed by atoms with Crippen molar-refractivity contribution in [3.05, 3.63) is 24.3 Å². The molecule has 4 unspecified atom stereocenters. The van der Waals surface area contributed by atoms with Gasteiger partial charge in [-0.15, -0.1) is 0 Å². The maximum atomic E-state index is 9.52. The molecule has 0 saturated carbocycles. The first-order chi connectivity index (χ1) is 8.56. The van der Waals surface area contributed by atoms with Gasteiger partial charge in [0, 0.05) is 0 Å². The lowest BCUT2D eigenvalue weighted by Gasteiger charge is -2.19. The largest absolute Gasteiger partial charge is 0.508 e. The van der Waals surface area contributed by atoms with Crippen molar-refractivity contribution in [2.24, 2.45) is 0 Å². The van der Waals surface area contributed by atoms with Gasteiger partial charge in [-0.3, -0.25) is 0 Å². The molecule has 0 amide bonds. The molecule has 2 rings (SSSR count). The van der Waals surface area contributed by atoms with Crippen molar-refractivity contribution in [1.29, 1.82) is 0 Å². The second-order valence-corrected chi connectivity index (χ2v) is 4.12. The number of hydrogen-bond donors (Lipinski definition) is 3. The van der Waals surface area contributed by atoms with Crippen LogP contribution in [0, 0.1) is 0 Å². The zero-order chi connectivity index (χ0) is 13.1. The van der Waals surface area contributed by atoms with Gasteiger partial charge in [-0.25, -0.2) is 0 Å². The van der Waals surface area contributed by atoms with Crippen LogP contribution >= 0.6 is 0 Å². The molecule has 0 spiro atoms. The van der Waals surface area contributed by atoms with Crippen LogP contribution in [0.1, 0.15) is 6.92 Å². The summed E-state index contributed by atoms with van der Waals surface area (Å²) in [6, 6.07) is 6.22. The number of aliphatic hydroxyl groups excluding tert-OH is 2. The molecule has 0 aliphatic carbocycles. The molecule has 0 radical (unpaired) electrons. The average molecular weight is 256 g/mol. The van der Waals surface area contributed by atoms with Gasteiger partial charge in [0.15, 0.2) is 0 Å². The van der Waals surface area contributed by atoms with E-state index in [0.29, 0.717) is 5.75 Å². The first-order valence-corrected chi connectivity index (χ1v) is 5.65. The van der Waals surface area contributed by atoms with Crippen molar-refractivity contribution in [2.75, 3.05) is 6.61 Å². The van der Waals surface area contributed by atoms with Gasteiger partial charge in [-0.2, -0.15) is 0 Å². The molecule has 3 N–H and O–H groups in total. The number of hydrogen-bond acceptors (Lipinski definition) is 6. The number of ether oxygens (including phenoxy) is 3. The number of aromatic hydroxyl groups is 1. The molecule has 4 atom stereocenters. The van der Waals surface area contributed by atoms with Crippen molar-refractivity contribution in [3.8, 4) is 11.5 Å². The van der Waals surface area contributed by atoms with Crippen LogP contribution in [0.15, 0.2) is 24.3 Å². The van der Waals surface area contributed by atoms with E-state index < -0.39 is 24.8 Å². The zero-order valence-corrected chi connectivity index (χ0v) is 9.89. The van der Waals surface area contributed by atoms with Gasteiger partial charge in [0.05, 0.1) is 6.10 Å². The molecule has 1 aromatic rings. The Morgan fingerprint density at radius 2 is 1.94 bits per heavy atom. The smallest absolute Gasteiger partial charge is 0.212 e. The van der Waals surface area contributed by atoms with Crippen LogP contribution in [0.4, 0.5) is 0 Å². The van der Waals surface area contributed by atoms with E-state index in [4.69, 9.17) is 24.4 Å². The van der Waals surface area contributed by atoms with Gasteiger partial charge in [0.25, 0.3) is 0 Å². The van der Waals surface area contributed by atoms with Crippen LogP contribution in [-0.2, 0) is 9.47 Å². The first-order valence-electron chi connectivity index (χ1n) is 5.65. The van der Waals surface area contributed by atoms with Crippen LogP contribution in [0.25, 0.3) is 0 Å². The summed E-state index contributed by atoms with van der Waals surface area (Å²) >= 11 is 0. The number of phenolic OH excluding ortho intramolecular Hbond substituents is 1. The summed E-state index contributed by atoms with van der Waals surface area (Å²) in [6.45, 7) is 1.69. The minimum Gasteiger partial charge on any atom is -0.508 e. The summed E-state index contributed by atoms with van der Waals surface area (Å²) in [7, 11) is 0. The van der Waals surface area contributed by atoms with E-state index in [1.165, 1.54) is 12.1 Å². The number of aliphatic hydroxyl groups is 2. The predicted molar refractivity (Wildman–Crippen MR) is 61.0 cm³/mol. The lowest BCUT2D eigenvalue weighted by atomic mass is 10.2. The lowest BCUT2D eigenvalue weighted by Crippen LogP contribution is -2.34. The van der Waals surface area contributed by atoms with E-state index in [1.807, 2.05) is 0 Å². The fourth-order valence-corrected chi connectivity index (χ4v) is 1.38. The monoisotopic (exact) mass is 256 g/mol. The van der Waals surface area contributed by atoms with Crippen molar-refractivity contribution >= 4 is 0 Å². The van der Waals surface area contributed by atoms with Gasteiger partial charge in [0.1, 0.15) is 24.2 Å². The average Bonchev–Trinajstić information content (AvgIpc) is 3.02. The van der Waals surface area contributed by atoms with E-state index in [0.717, 1.165) is 0 Å². The normalized spacial score (nSPS) is 25.5. The Balaban J connectivity index is 1.83. The van der Waals surface area contributed by atoms with E-state index in [9.17, 15) is 5.11 Å². The Kier molecular flexibility index (Phi) is 4.03. The molecule has 1 fully saturated rings. The minimum absolute atomic E-state index is 0.120. The number of phenols is 1. The highest BCUT2D eigenvalue weighted by atomic mass is 16.8. The third kappa shape index (κ3) is 3.58. The summed E-state index contributed by atoms with van der Waals surface area (Å²) in [4.78, 5) is 0. The standard InChI is InChI=1S/C12H16O6/c1-7(13)10(17-12-11(15)18-12)6-16-9-4-2-8(14)3-5-9/h2-5,7,10-15H,6H2,1H3. The van der Waals surface area contributed by atoms with Gasteiger partial charge in [0.2, 0.25) is 12.6 Å². The Labute approximate surface area is 104 Å². The minimum atomic E-state index is -0.917. The summed E-state index contributed by atoms with van der Waals surface area (Å²) in [5.74, 6) is 0.708. The zero-order valence-electron chi connectivity index (χ0n) is 9.89. The SMILES string of the molecule is CC(O)C(COc1ccc(O)cc1)OC1OC1O. The van der Waals surface area contributed by atoms with Crippen LogP contribution in [0.2, 0.25) is 0 Å². The van der Waals surface area contributed by atoms with Crippen molar-refractivity contribution in [3.63, 3.8) is 0 Å². The molecule has 1 aromatic carbocycles. The molecular weight excluding hydrogens is 240 g/mol. The van der Waals surface area contributed by atoms with Crippen LogP contribution < -0.4 is 4.74 Å². The summed E-state index contributed by atoms with van der Waals surface area (Å²) in [6.07, 6.45) is -2.95. The van der Waals surface area contributed by atoms with Gasteiger partial charge in [-0.05, 0) is 31.2 Å². The quantitative estimate of drug-likeness (QED) is 0.630. The number of rotatable bonds is 6. The Morgan fingerprint density at radius 3 is 2.44 bits per heavy atom. The molecule has 100 valence electrons. The summed E-state index contributed by atoms with van der Waals surface area (Å²) in [5, 5.41) is 27.6. The topological polar surface area (TPSA) is 91.7 Å². The van der Waals surface area contributed by atoms with Gasteiger partial charge < -0.3 is 29.5 Å². The highest BCUT2D eigenvalue weighted by Crippen LogP contribution is 2.23. The molecule has 18 heavy (non-hydrogen) atoms. The predicted octanol–water partition coefficient (Wildman–Crippen LogP) is 0.212. The van der Waals surface area contributed by atoms with E-state index >= 15 is 0 Å². The Morgan fingerprint density at radius 1 is 1.33 bits per heavy atom. The molecule has 1 saturated heterocycles. The summed E-state index contributed by atoms with van der Waals surface area (Å²) < 4.78 is 15.4. The lowest BCUT2D eigenvalue weighted by molar-refractivity contribution is -0.0866. The van der Waals surface area contributed by atoms with Gasteiger partial charge >= 0.3 is 0 Å². The summed E-state index contributed by atoms with van der Waals surface area (Å²) in [5.41, 5.74) is 0. The molecule has 6 nitrogen and oxygen atoms in total. The van der Waals surface area contributed by atoms with E-state index in [-0.39, 0.29) is 12.4 Å². The number of epoxide rings is 1. The Hall–Kier alpha value is -1.34. The number of benzene rings is 1. The highest BCUT2D eigenvalue weighted by Gasteiger charge is 2.41. The fraction of sp³-hybridized carbons (Fsp3) is 0.500. The van der Waals surface area contributed by atoms with Gasteiger partial charge in [-0.1, -0.05) is 0 Å². The van der Waals surface area contributed by atoms with Crippen LogP contribution in [-0.4, -0.2) is 46.7 Å². The molecular formula is C12H16O6. The van der Waals surface area contributed by atoms with E-state index in [2.05, 4.69) is 0 Å². The fourth-order valence-electron chi connectivity index (χ4n) is 1.38. The third-order valence-corrected chi connectivity index (χ3v) is 2.53. The van der Waals surface area contributed by atoms with Crippen LogP contribution in [0.3, 0.4) is 0 Å². The second-order valence-electron chi connectivity index (χ2n) is 4.12. The first kappa shape index (κ1) is 13.1. The molecule has 1 heterocycles. The molecule has 0 aromatic heterocycles. The van der Waals surface area contributed by atoms with Crippen LogP contribution in [0.5, 0.6) is 11.5 Å². The maximum Gasteiger partial charge on any atom is 0.212 e. The van der Waals surface area contributed by atoms with E-state index in [1.54, 1.807) is 19.1 Å². The molecule has 6 heteroatoms. The second kappa shape index (κ2) is 5.53. The Bertz CT molecular complexity index is 377. The van der Waals surface area contributed by atoms with Crippen molar-refractivity contribution in [1.82, 2.24) is 0 Å². The molecule has 1 aliphatic rings. The van der Waals surface area contributed by atoms with Crippen molar-refractivity contribution < 1.29 is 29.5 Å².